The van der Waals surface area contributed by atoms with Gasteiger partial charge in [-0.2, -0.15) is 0 Å². The van der Waals surface area contributed by atoms with E-state index in [0.717, 1.165) is 12.6 Å². The van der Waals surface area contributed by atoms with Crippen LogP contribution in [0.1, 0.15) is 26.2 Å². The molecule has 4 nitrogen and oxygen atoms in total. The minimum absolute atomic E-state index is 0.138. The lowest BCUT2D eigenvalue weighted by Crippen LogP contribution is -2.52. The van der Waals surface area contributed by atoms with Crippen molar-refractivity contribution in [1.82, 2.24) is 4.90 Å². The second kappa shape index (κ2) is 6.69. The first-order valence-electron chi connectivity index (χ1n) is 8.36. The lowest BCUT2D eigenvalue weighted by molar-refractivity contribution is 0.0226. The van der Waals surface area contributed by atoms with Gasteiger partial charge in [-0.1, -0.05) is 26.6 Å². The molecule has 1 saturated heterocycles. The van der Waals surface area contributed by atoms with Crippen LogP contribution in [0.2, 0.25) is 25.7 Å². The molecule has 0 aromatic carbocycles. The van der Waals surface area contributed by atoms with Crippen molar-refractivity contribution in [3.05, 3.63) is 0 Å². The van der Waals surface area contributed by atoms with E-state index in [-0.39, 0.29) is 24.7 Å². The highest BCUT2D eigenvalue weighted by Gasteiger charge is 2.45. The van der Waals surface area contributed by atoms with Crippen LogP contribution in [-0.2, 0) is 4.74 Å². The highest BCUT2D eigenvalue weighted by molar-refractivity contribution is 6.76. The van der Waals surface area contributed by atoms with Gasteiger partial charge in [0.15, 0.2) is 0 Å². The second-order valence-corrected chi connectivity index (χ2v) is 13.8. The SMILES string of the molecule is C[C@H](CO)[C@H]1[C@@H]2CC[C@@H](C2)CN1C(=O)OCC[Si](C)(C)C. The molecule has 0 aromatic heterocycles. The van der Waals surface area contributed by atoms with Gasteiger partial charge in [0.25, 0.3) is 0 Å². The summed E-state index contributed by atoms with van der Waals surface area (Å²) in [5.41, 5.74) is 0. The van der Waals surface area contributed by atoms with Crippen molar-refractivity contribution < 1.29 is 14.6 Å². The third kappa shape index (κ3) is 4.22. The summed E-state index contributed by atoms with van der Waals surface area (Å²) in [6.07, 6.45) is 3.47. The first kappa shape index (κ1) is 16.8. The molecule has 21 heavy (non-hydrogen) atoms. The molecule has 1 saturated carbocycles. The Morgan fingerprint density at radius 1 is 1.38 bits per heavy atom. The molecule has 0 unspecified atom stereocenters. The van der Waals surface area contributed by atoms with E-state index in [9.17, 15) is 9.90 Å². The highest BCUT2D eigenvalue weighted by Crippen LogP contribution is 2.43. The summed E-state index contributed by atoms with van der Waals surface area (Å²) in [5, 5.41) is 9.52. The number of nitrogens with zero attached hydrogens (tertiary/aromatic N) is 1. The number of fused-ring (bicyclic) bond motifs is 2. The standard InChI is InChI=1S/C16H31NO3Si/c1-12(11-18)15-14-6-5-13(9-14)10-17(15)16(19)20-7-8-21(2,3)4/h12-15,18H,5-11H2,1-4H3/t12-,13+,14-,15+/m1/s1. The number of likely N-dealkylation sites (tertiary alicyclic amines) is 1. The number of hydrogen-bond donors (Lipinski definition) is 1. The van der Waals surface area contributed by atoms with Gasteiger partial charge >= 0.3 is 6.09 Å². The molecule has 122 valence electrons. The summed E-state index contributed by atoms with van der Waals surface area (Å²) in [4.78, 5) is 14.4. The molecule has 1 amide bonds. The van der Waals surface area contributed by atoms with Crippen LogP contribution in [0.4, 0.5) is 4.79 Å². The zero-order valence-electron chi connectivity index (χ0n) is 14.0. The predicted octanol–water partition coefficient (Wildman–Crippen LogP) is 3.19. The maximum Gasteiger partial charge on any atom is 0.410 e. The number of hydrogen-bond acceptors (Lipinski definition) is 3. The quantitative estimate of drug-likeness (QED) is 0.793. The number of ether oxygens (including phenoxy) is 1. The zero-order valence-corrected chi connectivity index (χ0v) is 15.0. The van der Waals surface area contributed by atoms with Crippen molar-refractivity contribution in [2.24, 2.45) is 17.8 Å². The Hall–Kier alpha value is -0.553. The van der Waals surface area contributed by atoms with E-state index in [1.165, 1.54) is 19.3 Å². The lowest BCUT2D eigenvalue weighted by atomic mass is 9.83. The summed E-state index contributed by atoms with van der Waals surface area (Å²) in [7, 11) is -1.17. The van der Waals surface area contributed by atoms with Crippen LogP contribution < -0.4 is 0 Å². The molecule has 4 atom stereocenters. The third-order valence-corrected chi connectivity index (χ3v) is 6.77. The average molecular weight is 314 g/mol. The molecule has 1 aliphatic carbocycles. The van der Waals surface area contributed by atoms with Gasteiger partial charge in [-0.25, -0.2) is 4.79 Å². The van der Waals surface area contributed by atoms with Gasteiger partial charge in [0.1, 0.15) is 0 Å². The van der Waals surface area contributed by atoms with Crippen molar-refractivity contribution in [3.8, 4) is 0 Å². The van der Waals surface area contributed by atoms with Gasteiger partial charge < -0.3 is 14.7 Å². The second-order valence-electron chi connectivity index (χ2n) is 8.17. The Balaban J connectivity index is 1.96. The molecule has 1 N–H and O–H groups in total. The van der Waals surface area contributed by atoms with Crippen LogP contribution in [0.3, 0.4) is 0 Å². The number of aliphatic hydroxyl groups is 1. The fourth-order valence-corrected chi connectivity index (χ4v) is 4.56. The van der Waals surface area contributed by atoms with Crippen LogP contribution in [0, 0.1) is 17.8 Å². The van der Waals surface area contributed by atoms with Gasteiger partial charge in [0.2, 0.25) is 0 Å². The normalized spacial score (nSPS) is 30.3. The van der Waals surface area contributed by atoms with E-state index in [4.69, 9.17) is 4.74 Å². The number of carbonyl (C=O) groups is 1. The number of carbonyl (C=O) groups excluding carboxylic acids is 1. The summed E-state index contributed by atoms with van der Waals surface area (Å²) in [5.74, 6) is 1.33. The van der Waals surface area contributed by atoms with Crippen molar-refractivity contribution in [2.75, 3.05) is 19.8 Å². The largest absolute Gasteiger partial charge is 0.450 e. The molecule has 2 aliphatic rings. The minimum atomic E-state index is -1.17. The molecule has 0 radical (unpaired) electrons. The lowest BCUT2D eigenvalue weighted by Gasteiger charge is -2.42. The summed E-state index contributed by atoms with van der Waals surface area (Å²) in [6.45, 7) is 10.4. The van der Waals surface area contributed by atoms with E-state index in [1.807, 2.05) is 11.8 Å². The summed E-state index contributed by atoms with van der Waals surface area (Å²) in [6, 6.07) is 1.17. The number of piperidine rings is 1. The molecular weight excluding hydrogens is 282 g/mol. The topological polar surface area (TPSA) is 49.8 Å². The molecular formula is C16H31NO3Si. The van der Waals surface area contributed by atoms with Gasteiger partial charge in [-0.3, -0.25) is 0 Å². The van der Waals surface area contributed by atoms with E-state index >= 15 is 0 Å². The van der Waals surface area contributed by atoms with Crippen LogP contribution in [0.25, 0.3) is 0 Å². The van der Waals surface area contributed by atoms with Crippen LogP contribution >= 0.6 is 0 Å². The molecule has 1 aliphatic heterocycles. The minimum Gasteiger partial charge on any atom is -0.450 e. The van der Waals surface area contributed by atoms with Crippen molar-refractivity contribution in [2.45, 2.75) is 57.9 Å². The van der Waals surface area contributed by atoms with Crippen LogP contribution in [-0.4, -0.2) is 50.0 Å². The summed E-state index contributed by atoms with van der Waals surface area (Å²) >= 11 is 0. The van der Waals surface area contributed by atoms with Gasteiger partial charge in [-0.05, 0) is 37.1 Å². The fraction of sp³-hybridized carbons (Fsp3) is 0.938. The van der Waals surface area contributed by atoms with Gasteiger partial charge in [-0.15, -0.1) is 0 Å². The Morgan fingerprint density at radius 3 is 2.71 bits per heavy atom. The Labute approximate surface area is 129 Å². The highest BCUT2D eigenvalue weighted by atomic mass is 28.3. The maximum absolute atomic E-state index is 12.5. The molecule has 5 heteroatoms. The zero-order chi connectivity index (χ0) is 15.6. The average Bonchev–Trinajstić information content (AvgIpc) is 2.78. The third-order valence-electron chi connectivity index (χ3n) is 5.06. The van der Waals surface area contributed by atoms with Crippen molar-refractivity contribution in [1.29, 1.82) is 0 Å². The number of aliphatic hydroxyl groups excluding tert-OH is 1. The first-order valence-corrected chi connectivity index (χ1v) is 12.1. The smallest absolute Gasteiger partial charge is 0.410 e. The molecule has 0 spiro atoms. The Morgan fingerprint density at radius 2 is 2.10 bits per heavy atom. The summed E-state index contributed by atoms with van der Waals surface area (Å²) < 4.78 is 5.55. The van der Waals surface area contributed by atoms with Crippen molar-refractivity contribution >= 4 is 14.2 Å². The number of amides is 1. The Bertz CT molecular complexity index is 369. The maximum atomic E-state index is 12.5. The Kier molecular flexibility index (Phi) is 5.36. The van der Waals surface area contributed by atoms with E-state index in [0.29, 0.717) is 18.4 Å². The van der Waals surface area contributed by atoms with Crippen LogP contribution in [0.15, 0.2) is 0 Å². The number of rotatable bonds is 5. The monoisotopic (exact) mass is 313 g/mol. The van der Waals surface area contributed by atoms with Gasteiger partial charge in [0, 0.05) is 33.2 Å². The fourth-order valence-electron chi connectivity index (χ4n) is 3.85. The molecule has 0 aromatic rings. The molecule has 2 bridgehead atoms. The molecule has 2 rings (SSSR count). The van der Waals surface area contributed by atoms with E-state index in [1.54, 1.807) is 0 Å². The predicted molar refractivity (Wildman–Crippen MR) is 87.1 cm³/mol. The molecule has 2 fully saturated rings. The van der Waals surface area contributed by atoms with E-state index in [2.05, 4.69) is 19.6 Å². The van der Waals surface area contributed by atoms with Crippen molar-refractivity contribution in [3.63, 3.8) is 0 Å². The van der Waals surface area contributed by atoms with Crippen LogP contribution in [0.5, 0.6) is 0 Å². The first-order chi connectivity index (χ1) is 9.81. The molecule has 1 heterocycles. The van der Waals surface area contributed by atoms with Gasteiger partial charge in [0.05, 0.1) is 6.61 Å². The van der Waals surface area contributed by atoms with E-state index < -0.39 is 8.07 Å².